The van der Waals surface area contributed by atoms with Gasteiger partial charge in [0.25, 0.3) is 0 Å². The predicted molar refractivity (Wildman–Crippen MR) is 72.5 cm³/mol. The van der Waals surface area contributed by atoms with Crippen LogP contribution in [0, 0.1) is 28.6 Å². The van der Waals surface area contributed by atoms with Crippen molar-refractivity contribution in [1.29, 1.82) is 5.26 Å². The summed E-state index contributed by atoms with van der Waals surface area (Å²) in [6.07, 6.45) is 9.29. The molecule has 2 heteroatoms. The Morgan fingerprint density at radius 3 is 2.44 bits per heavy atom. The maximum absolute atomic E-state index is 9.41. The Labute approximate surface area is 105 Å². The molecule has 0 unspecified atom stereocenters. The molecule has 1 fully saturated rings. The molecule has 16 heavy (non-hydrogen) atoms. The van der Waals surface area contributed by atoms with Crippen LogP contribution in [0.3, 0.4) is 0 Å². The molecule has 1 nitrogen and oxygen atoms in total. The van der Waals surface area contributed by atoms with Crippen LogP contribution in [0.25, 0.3) is 0 Å². The average Bonchev–Trinajstić information content (AvgIpc) is 2.30. The van der Waals surface area contributed by atoms with Gasteiger partial charge in [0.05, 0.1) is 11.5 Å². The first-order valence-electron chi connectivity index (χ1n) is 6.54. The first-order chi connectivity index (χ1) is 7.63. The highest BCUT2D eigenvalue weighted by atomic mass is 32.2. The molecule has 0 aromatic rings. The van der Waals surface area contributed by atoms with Crippen molar-refractivity contribution in [2.75, 3.05) is 12.0 Å². The summed E-state index contributed by atoms with van der Waals surface area (Å²) >= 11 is 1.90. The van der Waals surface area contributed by atoms with Gasteiger partial charge in [-0.05, 0) is 62.4 Å². The summed E-state index contributed by atoms with van der Waals surface area (Å²) in [7, 11) is 0. The minimum atomic E-state index is 0.0289. The van der Waals surface area contributed by atoms with Crippen molar-refractivity contribution in [3.05, 3.63) is 0 Å². The molecule has 1 aliphatic carbocycles. The van der Waals surface area contributed by atoms with Crippen LogP contribution in [-0.2, 0) is 0 Å². The molecule has 1 rings (SSSR count). The molecule has 0 atom stereocenters. The molecule has 0 aromatic carbocycles. The van der Waals surface area contributed by atoms with Gasteiger partial charge in [0.1, 0.15) is 0 Å². The van der Waals surface area contributed by atoms with Gasteiger partial charge in [0.2, 0.25) is 0 Å². The van der Waals surface area contributed by atoms with Gasteiger partial charge in [-0.25, -0.2) is 0 Å². The Hall–Kier alpha value is -0.160. The maximum atomic E-state index is 9.41. The lowest BCUT2D eigenvalue weighted by atomic mass is 9.67. The molecule has 0 spiro atoms. The second-order valence-corrected chi connectivity index (χ2v) is 6.56. The van der Waals surface area contributed by atoms with E-state index in [2.05, 4.69) is 26.2 Å². The van der Waals surface area contributed by atoms with Crippen LogP contribution in [0.1, 0.15) is 52.4 Å². The molecule has 0 aliphatic heterocycles. The number of nitrogens with zero attached hydrogens (tertiary/aromatic N) is 1. The summed E-state index contributed by atoms with van der Waals surface area (Å²) in [4.78, 5) is 0. The molecule has 0 saturated heterocycles. The third-order valence-electron chi connectivity index (χ3n) is 4.17. The number of hydrogen-bond donors (Lipinski definition) is 0. The van der Waals surface area contributed by atoms with Crippen molar-refractivity contribution < 1.29 is 0 Å². The lowest BCUT2D eigenvalue weighted by Crippen LogP contribution is -2.28. The highest BCUT2D eigenvalue weighted by molar-refractivity contribution is 7.98. The first-order valence-corrected chi connectivity index (χ1v) is 7.93. The van der Waals surface area contributed by atoms with Gasteiger partial charge >= 0.3 is 0 Å². The summed E-state index contributed by atoms with van der Waals surface area (Å²) in [5.74, 6) is 2.86. The van der Waals surface area contributed by atoms with E-state index in [1.165, 1.54) is 25.0 Å². The monoisotopic (exact) mass is 239 g/mol. The van der Waals surface area contributed by atoms with Crippen molar-refractivity contribution in [2.45, 2.75) is 52.4 Å². The van der Waals surface area contributed by atoms with Gasteiger partial charge in [0.15, 0.2) is 0 Å². The highest BCUT2D eigenvalue weighted by Gasteiger charge is 2.35. The van der Waals surface area contributed by atoms with Gasteiger partial charge in [0, 0.05) is 0 Å². The smallest absolute Gasteiger partial charge is 0.0689 e. The molecule has 0 amide bonds. The van der Waals surface area contributed by atoms with Crippen LogP contribution in [0.5, 0.6) is 0 Å². The molecule has 0 aromatic heterocycles. The summed E-state index contributed by atoms with van der Waals surface area (Å²) in [5.41, 5.74) is 0.0289. The van der Waals surface area contributed by atoms with Crippen LogP contribution >= 0.6 is 11.8 Å². The summed E-state index contributed by atoms with van der Waals surface area (Å²) in [6, 6.07) is 2.63. The van der Waals surface area contributed by atoms with E-state index >= 15 is 0 Å². The highest BCUT2D eigenvalue weighted by Crippen LogP contribution is 2.44. The van der Waals surface area contributed by atoms with E-state index in [0.29, 0.717) is 0 Å². The summed E-state index contributed by atoms with van der Waals surface area (Å²) < 4.78 is 0. The Morgan fingerprint density at radius 2 is 2.00 bits per heavy atom. The van der Waals surface area contributed by atoms with Crippen molar-refractivity contribution >= 4 is 11.8 Å². The second kappa shape index (κ2) is 6.55. The molecular weight excluding hydrogens is 214 g/mol. The Balaban J connectivity index is 2.43. The van der Waals surface area contributed by atoms with Gasteiger partial charge in [-0.1, -0.05) is 13.8 Å². The summed E-state index contributed by atoms with van der Waals surface area (Å²) in [5, 5.41) is 9.41. The van der Waals surface area contributed by atoms with Gasteiger partial charge in [-0.3, -0.25) is 0 Å². The van der Waals surface area contributed by atoms with Crippen LogP contribution in [0.4, 0.5) is 0 Å². The van der Waals surface area contributed by atoms with Crippen LogP contribution in [0.2, 0.25) is 0 Å². The van der Waals surface area contributed by atoms with E-state index in [9.17, 15) is 5.26 Å². The Morgan fingerprint density at radius 1 is 1.38 bits per heavy atom. The minimum Gasteiger partial charge on any atom is -0.198 e. The molecule has 0 bridgehead atoms. The molecule has 92 valence electrons. The normalized spacial score (nSPS) is 30.3. The Kier molecular flexibility index (Phi) is 5.69. The lowest BCUT2D eigenvalue weighted by Gasteiger charge is -2.36. The molecule has 1 aliphatic rings. The van der Waals surface area contributed by atoms with Crippen molar-refractivity contribution in [3.63, 3.8) is 0 Å². The van der Waals surface area contributed by atoms with Gasteiger partial charge in [-0.2, -0.15) is 17.0 Å². The lowest BCUT2D eigenvalue weighted by molar-refractivity contribution is 0.165. The molecule has 0 radical (unpaired) electrons. The topological polar surface area (TPSA) is 23.8 Å². The van der Waals surface area contributed by atoms with E-state index in [1.807, 2.05) is 11.8 Å². The third-order valence-corrected chi connectivity index (χ3v) is 4.87. The predicted octanol–water partition coefficient (Wildman–Crippen LogP) is 4.49. The average molecular weight is 239 g/mol. The SMILES string of the molecule is CSCCCC1(C#N)CCC(C(C)C)CC1. The third kappa shape index (κ3) is 3.70. The van der Waals surface area contributed by atoms with Crippen LogP contribution in [0.15, 0.2) is 0 Å². The fourth-order valence-electron chi connectivity index (χ4n) is 2.83. The zero-order valence-corrected chi connectivity index (χ0v) is 11.8. The van der Waals surface area contributed by atoms with E-state index in [-0.39, 0.29) is 5.41 Å². The molecule has 1 saturated carbocycles. The number of rotatable bonds is 5. The molecule has 0 N–H and O–H groups in total. The van der Waals surface area contributed by atoms with E-state index in [0.717, 1.165) is 31.1 Å². The van der Waals surface area contributed by atoms with Crippen molar-refractivity contribution in [1.82, 2.24) is 0 Å². The standard InChI is InChI=1S/C14H25NS/c1-12(2)13-5-8-14(11-15,9-6-13)7-4-10-16-3/h12-13H,4-10H2,1-3H3. The molecular formula is C14H25NS. The van der Waals surface area contributed by atoms with Crippen molar-refractivity contribution in [3.8, 4) is 6.07 Å². The van der Waals surface area contributed by atoms with E-state index < -0.39 is 0 Å². The van der Waals surface area contributed by atoms with Crippen LogP contribution < -0.4 is 0 Å². The van der Waals surface area contributed by atoms with E-state index in [1.54, 1.807) is 0 Å². The first kappa shape index (κ1) is 13.9. The zero-order valence-electron chi connectivity index (χ0n) is 11.0. The second-order valence-electron chi connectivity index (χ2n) is 5.57. The fourth-order valence-corrected chi connectivity index (χ4v) is 3.26. The van der Waals surface area contributed by atoms with Crippen molar-refractivity contribution in [2.24, 2.45) is 17.3 Å². The van der Waals surface area contributed by atoms with E-state index in [4.69, 9.17) is 0 Å². The number of thioether (sulfide) groups is 1. The largest absolute Gasteiger partial charge is 0.198 e. The fraction of sp³-hybridized carbons (Fsp3) is 0.929. The van der Waals surface area contributed by atoms with Crippen LogP contribution in [-0.4, -0.2) is 12.0 Å². The molecule has 0 heterocycles. The Bertz CT molecular complexity index is 234. The summed E-state index contributed by atoms with van der Waals surface area (Å²) in [6.45, 7) is 4.63. The van der Waals surface area contributed by atoms with Gasteiger partial charge in [-0.15, -0.1) is 0 Å². The zero-order chi connectivity index (χ0) is 12.0. The number of nitriles is 1. The maximum Gasteiger partial charge on any atom is 0.0689 e. The van der Waals surface area contributed by atoms with Gasteiger partial charge < -0.3 is 0 Å². The number of hydrogen-bond acceptors (Lipinski definition) is 2. The minimum absolute atomic E-state index is 0.0289. The quantitative estimate of drug-likeness (QED) is 0.660.